The van der Waals surface area contributed by atoms with Gasteiger partial charge in [-0.25, -0.2) is 15.0 Å². The van der Waals surface area contributed by atoms with Gasteiger partial charge in [-0.05, 0) is 0 Å². The largest absolute Gasteiger partial charge is 0.394 e. The van der Waals surface area contributed by atoms with Crippen LogP contribution in [0.3, 0.4) is 0 Å². The van der Waals surface area contributed by atoms with E-state index in [1.54, 1.807) is 0 Å². The van der Waals surface area contributed by atoms with E-state index in [1.807, 2.05) is 0 Å². The number of nitrogens with zero attached hydrogens (tertiary/aromatic N) is 3. The zero-order chi connectivity index (χ0) is 15.1. The summed E-state index contributed by atoms with van der Waals surface area (Å²) < 4.78 is 5.32. The van der Waals surface area contributed by atoms with Gasteiger partial charge in [0.1, 0.15) is 29.9 Å². The second-order valence-corrected chi connectivity index (χ2v) is 4.65. The van der Waals surface area contributed by atoms with Gasteiger partial charge in [0.05, 0.1) is 12.9 Å². The number of fused-ring (bicyclic) bond motifs is 1. The smallest absolute Gasteiger partial charge is 0.269 e. The van der Waals surface area contributed by atoms with Crippen molar-refractivity contribution in [1.82, 2.24) is 19.9 Å². The maximum Gasteiger partial charge on any atom is 0.269 e. The second-order valence-electron chi connectivity index (χ2n) is 4.65. The Kier molecular flexibility index (Phi) is 3.29. The molecule has 3 rings (SSSR count). The van der Waals surface area contributed by atoms with E-state index in [0.717, 1.165) is 0 Å². The van der Waals surface area contributed by atoms with Crippen molar-refractivity contribution < 1.29 is 24.9 Å². The Balaban J connectivity index is 2.07. The van der Waals surface area contributed by atoms with Crippen molar-refractivity contribution in [3.63, 3.8) is 0 Å². The minimum atomic E-state index is -1.33. The van der Waals surface area contributed by atoms with E-state index in [1.165, 1.54) is 6.33 Å². The van der Waals surface area contributed by atoms with Gasteiger partial charge < -0.3 is 30.8 Å². The number of aromatic nitrogens is 4. The van der Waals surface area contributed by atoms with Gasteiger partial charge in [-0.3, -0.25) is 4.79 Å². The third kappa shape index (κ3) is 2.14. The van der Waals surface area contributed by atoms with E-state index in [4.69, 9.17) is 15.6 Å². The lowest BCUT2D eigenvalue weighted by Gasteiger charge is -2.13. The molecule has 3 heterocycles. The van der Waals surface area contributed by atoms with Crippen LogP contribution < -0.4 is 5.73 Å². The zero-order valence-electron chi connectivity index (χ0n) is 10.7. The monoisotopic (exact) mass is 295 g/mol. The van der Waals surface area contributed by atoms with Crippen molar-refractivity contribution in [3.8, 4) is 0 Å². The summed E-state index contributed by atoms with van der Waals surface area (Å²) in [7, 11) is 0. The van der Waals surface area contributed by atoms with Gasteiger partial charge in [-0.15, -0.1) is 0 Å². The predicted octanol–water partition coefficient (Wildman–Crippen LogP) is -2.39. The number of rotatable bonds is 3. The second kappa shape index (κ2) is 5.00. The van der Waals surface area contributed by atoms with Crippen molar-refractivity contribution in [2.24, 2.45) is 5.73 Å². The maximum atomic E-state index is 11.4. The summed E-state index contributed by atoms with van der Waals surface area (Å²) in [5.74, 6) is -0.828. The first-order valence-corrected chi connectivity index (χ1v) is 6.16. The molecular formula is C11H13N5O5. The Bertz CT molecular complexity index is 689. The highest BCUT2D eigenvalue weighted by Gasteiger charge is 2.44. The Morgan fingerprint density at radius 2 is 2.14 bits per heavy atom. The summed E-state index contributed by atoms with van der Waals surface area (Å²) in [5.41, 5.74) is 5.59. The molecule has 0 radical (unpaired) electrons. The first-order valence-electron chi connectivity index (χ1n) is 6.16. The summed E-state index contributed by atoms with van der Waals surface area (Å²) in [6, 6.07) is 0. The van der Waals surface area contributed by atoms with Crippen molar-refractivity contribution in [2.75, 3.05) is 6.61 Å². The average Bonchev–Trinajstić information content (AvgIpc) is 3.03. The number of nitrogens with one attached hydrogen (secondary N) is 1. The number of H-pyrrole nitrogens is 1. The summed E-state index contributed by atoms with van der Waals surface area (Å²) in [6.07, 6.45) is -3.32. The zero-order valence-corrected chi connectivity index (χ0v) is 10.7. The van der Waals surface area contributed by atoms with Crippen LogP contribution >= 0.6 is 0 Å². The number of carbonyl (C=O) groups is 1. The standard InChI is InChI=1S/C11H13N5O5/c12-9(20)4-5-10(14-2-13-5)16-11(15-4)8-7(19)6(18)3(1-17)21-8/h2-3,6-8,17-19H,1H2,(H2,12,20)(H,13,14,15,16)/t3-,6-,7-,8?/m1/s1. The SMILES string of the molecule is NC(=O)c1nc(C2O[C@H](CO)[C@@H](O)[C@H]2O)nc2[nH]cnc12. The number of carbonyl (C=O) groups excluding carboxylic acids is 1. The Labute approximate surface area is 117 Å². The quantitative estimate of drug-likeness (QED) is 0.417. The van der Waals surface area contributed by atoms with Gasteiger partial charge in [0.2, 0.25) is 0 Å². The first kappa shape index (κ1) is 13.8. The molecule has 6 N–H and O–H groups in total. The molecule has 4 atom stereocenters. The molecular weight excluding hydrogens is 282 g/mol. The molecule has 0 aliphatic carbocycles. The Morgan fingerprint density at radius 3 is 2.76 bits per heavy atom. The highest BCUT2D eigenvalue weighted by Crippen LogP contribution is 2.32. The molecule has 2 aromatic heterocycles. The molecule has 1 fully saturated rings. The summed E-state index contributed by atoms with van der Waals surface area (Å²) in [6.45, 7) is -0.469. The van der Waals surface area contributed by atoms with Crippen molar-refractivity contribution in [1.29, 1.82) is 0 Å². The normalized spacial score (nSPS) is 29.1. The number of primary amides is 1. The van der Waals surface area contributed by atoms with E-state index in [2.05, 4.69) is 19.9 Å². The number of amides is 1. The van der Waals surface area contributed by atoms with Gasteiger partial charge in [-0.2, -0.15) is 0 Å². The Morgan fingerprint density at radius 1 is 1.38 bits per heavy atom. The molecule has 1 unspecified atom stereocenters. The molecule has 0 saturated carbocycles. The number of hydrogen-bond acceptors (Lipinski definition) is 8. The molecule has 0 bridgehead atoms. The maximum absolute atomic E-state index is 11.4. The van der Waals surface area contributed by atoms with Crippen LogP contribution in [0.1, 0.15) is 22.4 Å². The van der Waals surface area contributed by atoms with Gasteiger partial charge in [0.25, 0.3) is 5.91 Å². The predicted molar refractivity (Wildman–Crippen MR) is 66.9 cm³/mol. The van der Waals surface area contributed by atoms with E-state index < -0.39 is 36.9 Å². The number of ether oxygens (including phenoxy) is 1. The van der Waals surface area contributed by atoms with E-state index in [9.17, 15) is 15.0 Å². The van der Waals surface area contributed by atoms with Crippen molar-refractivity contribution >= 4 is 17.1 Å². The minimum absolute atomic E-state index is 0.0250. The number of nitrogens with two attached hydrogens (primary N) is 1. The molecule has 10 nitrogen and oxygen atoms in total. The number of aliphatic hydroxyl groups is 3. The van der Waals surface area contributed by atoms with Crippen LogP contribution in [-0.4, -0.2) is 66.1 Å². The third-order valence-electron chi connectivity index (χ3n) is 3.33. The van der Waals surface area contributed by atoms with Crippen LogP contribution in [0.2, 0.25) is 0 Å². The number of aliphatic hydroxyl groups excluding tert-OH is 3. The highest BCUT2D eigenvalue weighted by atomic mass is 16.6. The molecule has 1 amide bonds. The summed E-state index contributed by atoms with van der Waals surface area (Å²) in [4.78, 5) is 26.1. The average molecular weight is 295 g/mol. The molecule has 1 aliphatic rings. The van der Waals surface area contributed by atoms with E-state index >= 15 is 0 Å². The van der Waals surface area contributed by atoms with Crippen molar-refractivity contribution in [3.05, 3.63) is 17.8 Å². The topological polar surface area (TPSA) is 167 Å². The number of imidazole rings is 1. The molecule has 1 aliphatic heterocycles. The fourth-order valence-electron chi connectivity index (χ4n) is 2.27. The summed E-state index contributed by atoms with van der Waals surface area (Å²) >= 11 is 0. The number of aromatic amines is 1. The fourth-order valence-corrected chi connectivity index (χ4v) is 2.27. The van der Waals surface area contributed by atoms with Crippen LogP contribution in [0.15, 0.2) is 6.33 Å². The minimum Gasteiger partial charge on any atom is -0.394 e. The van der Waals surface area contributed by atoms with Crippen LogP contribution in [0.5, 0.6) is 0 Å². The van der Waals surface area contributed by atoms with Crippen LogP contribution in [0.4, 0.5) is 0 Å². The van der Waals surface area contributed by atoms with Gasteiger partial charge in [0.15, 0.2) is 17.2 Å². The van der Waals surface area contributed by atoms with Gasteiger partial charge in [0, 0.05) is 0 Å². The van der Waals surface area contributed by atoms with Gasteiger partial charge >= 0.3 is 0 Å². The molecule has 0 aromatic carbocycles. The van der Waals surface area contributed by atoms with Crippen LogP contribution in [-0.2, 0) is 4.74 Å². The fraction of sp³-hybridized carbons (Fsp3) is 0.455. The summed E-state index contributed by atoms with van der Waals surface area (Å²) in [5, 5.41) is 28.8. The lowest BCUT2D eigenvalue weighted by molar-refractivity contribution is -0.0252. The third-order valence-corrected chi connectivity index (χ3v) is 3.33. The lowest BCUT2D eigenvalue weighted by Crippen LogP contribution is -2.32. The Hall–Kier alpha value is -2.14. The van der Waals surface area contributed by atoms with E-state index in [0.29, 0.717) is 0 Å². The van der Waals surface area contributed by atoms with E-state index in [-0.39, 0.29) is 22.7 Å². The first-order chi connectivity index (χ1) is 10.0. The lowest BCUT2D eigenvalue weighted by atomic mass is 10.1. The molecule has 1 saturated heterocycles. The van der Waals surface area contributed by atoms with Crippen LogP contribution in [0.25, 0.3) is 11.2 Å². The molecule has 10 heteroatoms. The number of hydrogen-bond donors (Lipinski definition) is 5. The molecule has 112 valence electrons. The van der Waals surface area contributed by atoms with Crippen molar-refractivity contribution in [2.45, 2.75) is 24.4 Å². The highest BCUT2D eigenvalue weighted by molar-refractivity contribution is 6.01. The molecule has 2 aromatic rings. The molecule has 0 spiro atoms. The van der Waals surface area contributed by atoms with Gasteiger partial charge in [-0.1, -0.05) is 0 Å². The van der Waals surface area contributed by atoms with Crippen LogP contribution in [0, 0.1) is 0 Å². The molecule has 21 heavy (non-hydrogen) atoms.